The average Bonchev–Trinajstić information content (AvgIpc) is 2.88. The van der Waals surface area contributed by atoms with Crippen LogP contribution in [-0.4, -0.2) is 55.6 Å². The van der Waals surface area contributed by atoms with Crippen molar-refractivity contribution in [3.8, 4) is 11.5 Å². The lowest BCUT2D eigenvalue weighted by molar-refractivity contribution is -0.926. The Morgan fingerprint density at radius 1 is 1.30 bits per heavy atom. The van der Waals surface area contributed by atoms with Gasteiger partial charge in [0.1, 0.15) is 18.2 Å². The standard InChI is InChI=1S/C19H24NO3/c1-20(2)9-8-19-12-5-6-14(21)18(19)23-17-15(22-3)7-4-11(16(17)19)10-13(12)20/h4-7,12-14,18,21H,8-10H2,1-3H3/q+1/t12-,13-,14-,18-,19-/m0/s1. The Morgan fingerprint density at radius 2 is 2.13 bits per heavy atom. The van der Waals surface area contributed by atoms with Crippen LogP contribution in [0.15, 0.2) is 24.3 Å². The molecule has 0 amide bonds. The molecule has 4 nitrogen and oxygen atoms in total. The number of ether oxygens (including phenoxy) is 2. The zero-order chi connectivity index (χ0) is 16.0. The summed E-state index contributed by atoms with van der Waals surface area (Å²) in [5, 5.41) is 10.6. The van der Waals surface area contributed by atoms with Crippen LogP contribution in [0.25, 0.3) is 0 Å². The molecule has 5 rings (SSSR count). The highest BCUT2D eigenvalue weighted by molar-refractivity contribution is 5.61. The first-order valence-corrected chi connectivity index (χ1v) is 8.55. The number of likely N-dealkylation sites (tertiary alicyclic amines) is 1. The Morgan fingerprint density at radius 3 is 2.91 bits per heavy atom. The van der Waals surface area contributed by atoms with E-state index in [0.717, 1.165) is 35.4 Å². The second kappa shape index (κ2) is 4.11. The molecule has 1 saturated heterocycles. The van der Waals surface area contributed by atoms with Crippen molar-refractivity contribution in [2.75, 3.05) is 27.7 Å². The van der Waals surface area contributed by atoms with Crippen molar-refractivity contribution >= 4 is 0 Å². The molecular formula is C19H24NO3+. The molecule has 2 aliphatic carbocycles. The zero-order valence-electron chi connectivity index (χ0n) is 14.0. The third-order valence-electron chi connectivity index (χ3n) is 6.91. The van der Waals surface area contributed by atoms with E-state index in [1.807, 2.05) is 12.1 Å². The molecular weight excluding hydrogens is 290 g/mol. The lowest BCUT2D eigenvalue weighted by Gasteiger charge is -2.58. The van der Waals surface area contributed by atoms with Gasteiger partial charge in [-0.05, 0) is 11.6 Å². The minimum absolute atomic E-state index is 0.0793. The van der Waals surface area contributed by atoms with Crippen molar-refractivity contribution < 1.29 is 19.1 Å². The molecule has 2 heterocycles. The second-order valence-corrected chi connectivity index (χ2v) is 8.13. The fourth-order valence-corrected chi connectivity index (χ4v) is 5.75. The van der Waals surface area contributed by atoms with Gasteiger partial charge in [-0.1, -0.05) is 18.2 Å². The molecule has 4 heteroatoms. The maximum Gasteiger partial charge on any atom is 0.165 e. The largest absolute Gasteiger partial charge is 0.493 e. The lowest BCUT2D eigenvalue weighted by Crippen LogP contribution is -2.70. The van der Waals surface area contributed by atoms with E-state index in [1.54, 1.807) is 7.11 Å². The molecule has 1 aromatic carbocycles. The fourth-order valence-electron chi connectivity index (χ4n) is 5.75. The molecule has 1 spiro atoms. The monoisotopic (exact) mass is 314 g/mol. The highest BCUT2D eigenvalue weighted by Gasteiger charge is 2.67. The van der Waals surface area contributed by atoms with E-state index in [2.05, 4.69) is 26.2 Å². The number of likely N-dealkylation sites (N-methyl/N-ethyl adjacent to an activating group) is 1. The Labute approximate surface area is 136 Å². The summed E-state index contributed by atoms with van der Waals surface area (Å²) in [5.41, 5.74) is 2.63. The second-order valence-electron chi connectivity index (χ2n) is 8.13. The molecule has 1 aromatic rings. The number of benzene rings is 1. The van der Waals surface area contributed by atoms with Gasteiger partial charge in [-0.15, -0.1) is 0 Å². The predicted molar refractivity (Wildman–Crippen MR) is 86.8 cm³/mol. The highest BCUT2D eigenvalue weighted by atomic mass is 16.5. The summed E-state index contributed by atoms with van der Waals surface area (Å²) in [4.78, 5) is 0. The number of methoxy groups -OCH3 is 1. The first-order valence-electron chi connectivity index (χ1n) is 8.55. The van der Waals surface area contributed by atoms with Crippen molar-refractivity contribution in [1.29, 1.82) is 0 Å². The van der Waals surface area contributed by atoms with Crippen molar-refractivity contribution in [3.63, 3.8) is 0 Å². The Bertz CT molecular complexity index is 726. The topological polar surface area (TPSA) is 38.7 Å². The number of rotatable bonds is 1. The van der Waals surface area contributed by atoms with E-state index in [1.165, 1.54) is 11.1 Å². The number of aliphatic hydroxyl groups is 1. The first kappa shape index (κ1) is 13.9. The van der Waals surface area contributed by atoms with Crippen LogP contribution < -0.4 is 9.47 Å². The number of hydrogen-bond donors (Lipinski definition) is 1. The van der Waals surface area contributed by atoms with Crippen molar-refractivity contribution in [1.82, 2.24) is 0 Å². The van der Waals surface area contributed by atoms with Crippen molar-refractivity contribution in [2.24, 2.45) is 5.92 Å². The molecule has 23 heavy (non-hydrogen) atoms. The van der Waals surface area contributed by atoms with Gasteiger partial charge in [0.05, 0.1) is 33.2 Å². The maximum atomic E-state index is 10.6. The molecule has 4 aliphatic rings. The number of hydrogen-bond acceptors (Lipinski definition) is 3. The minimum Gasteiger partial charge on any atom is -0.493 e. The molecule has 1 N–H and O–H groups in total. The summed E-state index contributed by atoms with van der Waals surface area (Å²) in [6.45, 7) is 1.12. The number of nitrogens with zero attached hydrogens (tertiary/aromatic N) is 1. The average molecular weight is 314 g/mol. The molecule has 0 unspecified atom stereocenters. The highest BCUT2D eigenvalue weighted by Crippen LogP contribution is 2.63. The first-order chi connectivity index (χ1) is 11.0. The normalized spacial score (nSPS) is 41.2. The van der Waals surface area contributed by atoms with Gasteiger partial charge >= 0.3 is 0 Å². The Kier molecular flexibility index (Phi) is 2.48. The van der Waals surface area contributed by atoms with Crippen molar-refractivity contribution in [3.05, 3.63) is 35.4 Å². The van der Waals surface area contributed by atoms with Crippen LogP contribution in [0.4, 0.5) is 0 Å². The molecule has 0 radical (unpaired) electrons. The molecule has 0 saturated carbocycles. The molecule has 2 bridgehead atoms. The Hall–Kier alpha value is -1.52. The van der Waals surface area contributed by atoms with Crippen LogP contribution in [0.5, 0.6) is 11.5 Å². The van der Waals surface area contributed by atoms with Gasteiger partial charge < -0.3 is 19.1 Å². The molecule has 1 fully saturated rings. The lowest BCUT2D eigenvalue weighted by atomic mass is 9.53. The van der Waals surface area contributed by atoms with Crippen LogP contribution >= 0.6 is 0 Å². The van der Waals surface area contributed by atoms with Gasteiger partial charge in [0.25, 0.3) is 0 Å². The fraction of sp³-hybridized carbons (Fsp3) is 0.579. The summed E-state index contributed by atoms with van der Waals surface area (Å²) in [6.07, 6.45) is 5.64. The van der Waals surface area contributed by atoms with Crippen molar-refractivity contribution in [2.45, 2.75) is 36.5 Å². The number of piperidine rings is 1. The van der Waals surface area contributed by atoms with Gasteiger partial charge in [0.15, 0.2) is 11.5 Å². The summed E-state index contributed by atoms with van der Waals surface area (Å²) < 4.78 is 12.9. The zero-order valence-corrected chi connectivity index (χ0v) is 14.0. The maximum absolute atomic E-state index is 10.6. The smallest absolute Gasteiger partial charge is 0.165 e. The molecule has 5 atom stereocenters. The van der Waals surface area contributed by atoms with Crippen LogP contribution in [0.3, 0.4) is 0 Å². The van der Waals surface area contributed by atoms with E-state index in [-0.39, 0.29) is 11.5 Å². The number of aliphatic hydroxyl groups excluding tert-OH is 1. The van der Waals surface area contributed by atoms with Gasteiger partial charge in [0, 0.05) is 24.3 Å². The summed E-state index contributed by atoms with van der Waals surface area (Å²) in [7, 11) is 6.38. The predicted octanol–water partition coefficient (Wildman–Crippen LogP) is 1.65. The van der Waals surface area contributed by atoms with Gasteiger partial charge in [-0.2, -0.15) is 0 Å². The SMILES string of the molecule is COc1ccc2c3c1O[C@H]1[C@@H](O)C=C[C@H]4[C@H](C2)[N+](C)(C)CC[C@@]341. The van der Waals surface area contributed by atoms with Gasteiger partial charge in [-0.3, -0.25) is 0 Å². The minimum atomic E-state index is -0.538. The quantitative estimate of drug-likeness (QED) is 0.633. The van der Waals surface area contributed by atoms with Crippen LogP contribution in [0.1, 0.15) is 17.5 Å². The van der Waals surface area contributed by atoms with E-state index >= 15 is 0 Å². The third kappa shape index (κ3) is 1.45. The third-order valence-corrected chi connectivity index (χ3v) is 6.91. The van der Waals surface area contributed by atoms with Crippen LogP contribution in [0, 0.1) is 5.92 Å². The van der Waals surface area contributed by atoms with E-state index in [4.69, 9.17) is 9.47 Å². The summed E-state index contributed by atoms with van der Waals surface area (Å²) in [5.74, 6) is 2.12. The van der Waals surface area contributed by atoms with Crippen LogP contribution in [-0.2, 0) is 11.8 Å². The number of quaternary nitrogens is 1. The summed E-state index contributed by atoms with van der Waals surface area (Å²) in [6, 6.07) is 4.79. The van der Waals surface area contributed by atoms with E-state index in [9.17, 15) is 5.11 Å². The van der Waals surface area contributed by atoms with E-state index in [0.29, 0.717) is 12.0 Å². The molecule has 0 aromatic heterocycles. The molecule has 122 valence electrons. The van der Waals surface area contributed by atoms with E-state index < -0.39 is 6.10 Å². The molecule has 2 aliphatic heterocycles. The van der Waals surface area contributed by atoms with Gasteiger partial charge in [-0.25, -0.2) is 0 Å². The van der Waals surface area contributed by atoms with Crippen LogP contribution in [0.2, 0.25) is 0 Å². The van der Waals surface area contributed by atoms with Gasteiger partial charge in [0.2, 0.25) is 0 Å². The summed E-state index contributed by atoms with van der Waals surface area (Å²) >= 11 is 0. The Balaban J connectivity index is 1.82.